The van der Waals surface area contributed by atoms with Crippen molar-refractivity contribution in [2.75, 3.05) is 10.6 Å². The second kappa shape index (κ2) is 8.57. The van der Waals surface area contributed by atoms with Crippen molar-refractivity contribution < 1.29 is 14.5 Å². The van der Waals surface area contributed by atoms with Gasteiger partial charge in [0.2, 0.25) is 11.8 Å². The molecule has 2 N–H and O–H groups in total. The Morgan fingerprint density at radius 1 is 1.15 bits per heavy atom. The highest BCUT2D eigenvalue weighted by molar-refractivity contribution is 6.03. The number of carbonyl (C=O) groups excluding carboxylic acids is 2. The molecule has 2 rings (SSSR count). The maximum atomic E-state index is 12.2. The fraction of sp³-hybridized carbons (Fsp3) is 0.158. The van der Waals surface area contributed by atoms with Gasteiger partial charge in [0, 0.05) is 29.9 Å². The van der Waals surface area contributed by atoms with Crippen LogP contribution in [0.3, 0.4) is 0 Å². The fourth-order valence-corrected chi connectivity index (χ4v) is 2.22. The van der Waals surface area contributed by atoms with E-state index in [1.807, 2.05) is 6.92 Å². The van der Waals surface area contributed by atoms with Crippen LogP contribution in [0.4, 0.5) is 17.1 Å². The number of nitrogens with one attached hydrogen (secondary N) is 2. The number of benzene rings is 2. The molecule has 0 aliphatic carbocycles. The van der Waals surface area contributed by atoms with Crippen LogP contribution in [0.2, 0.25) is 0 Å². The van der Waals surface area contributed by atoms with Gasteiger partial charge in [-0.1, -0.05) is 25.1 Å². The highest BCUT2D eigenvalue weighted by atomic mass is 16.6. The Bertz CT molecular complexity index is 875. The van der Waals surface area contributed by atoms with E-state index in [1.54, 1.807) is 43.3 Å². The van der Waals surface area contributed by atoms with Crippen LogP contribution >= 0.6 is 0 Å². The van der Waals surface area contributed by atoms with Crippen molar-refractivity contribution in [2.24, 2.45) is 0 Å². The normalized spacial score (nSPS) is 10.5. The predicted octanol–water partition coefficient (Wildman–Crippen LogP) is 3.90. The van der Waals surface area contributed by atoms with Crippen molar-refractivity contribution in [3.05, 3.63) is 69.8 Å². The minimum Gasteiger partial charge on any atom is -0.326 e. The largest absolute Gasteiger partial charge is 0.326 e. The summed E-state index contributed by atoms with van der Waals surface area (Å²) in [5.74, 6) is -0.548. The number of anilines is 2. The zero-order valence-electron chi connectivity index (χ0n) is 14.5. The third-order valence-corrected chi connectivity index (χ3v) is 3.65. The number of carbonyl (C=O) groups is 2. The molecule has 7 nitrogen and oxygen atoms in total. The highest BCUT2D eigenvalue weighted by Gasteiger charge is 2.10. The van der Waals surface area contributed by atoms with E-state index in [-0.39, 0.29) is 11.6 Å². The summed E-state index contributed by atoms with van der Waals surface area (Å²) in [4.78, 5) is 34.1. The van der Waals surface area contributed by atoms with Crippen LogP contribution in [0.25, 0.3) is 6.08 Å². The molecular weight excluding hydrogens is 334 g/mol. The van der Waals surface area contributed by atoms with E-state index >= 15 is 0 Å². The first-order valence-electron chi connectivity index (χ1n) is 8.03. The average molecular weight is 353 g/mol. The Morgan fingerprint density at radius 3 is 2.58 bits per heavy atom. The molecule has 7 heteroatoms. The summed E-state index contributed by atoms with van der Waals surface area (Å²) < 4.78 is 0. The Morgan fingerprint density at radius 2 is 1.88 bits per heavy atom. The SMILES string of the molecule is CCC(=O)Nc1ccc(C)c(NC(=O)/C=C/c2ccccc2[N+](=O)[O-])c1. The molecule has 0 fully saturated rings. The van der Waals surface area contributed by atoms with E-state index in [2.05, 4.69) is 10.6 Å². The number of amides is 2. The van der Waals surface area contributed by atoms with Crippen LogP contribution in [-0.2, 0) is 9.59 Å². The molecule has 134 valence electrons. The minimum atomic E-state index is -0.498. The summed E-state index contributed by atoms with van der Waals surface area (Å²) in [6.45, 7) is 3.58. The minimum absolute atomic E-state index is 0.0722. The highest BCUT2D eigenvalue weighted by Crippen LogP contribution is 2.21. The van der Waals surface area contributed by atoms with Gasteiger partial charge in [0.15, 0.2) is 0 Å². The molecule has 0 heterocycles. The number of nitro groups is 1. The Balaban J connectivity index is 2.14. The predicted molar refractivity (Wildman–Crippen MR) is 101 cm³/mol. The van der Waals surface area contributed by atoms with E-state index < -0.39 is 10.8 Å². The molecule has 0 aromatic heterocycles. The van der Waals surface area contributed by atoms with Gasteiger partial charge in [0.05, 0.1) is 10.5 Å². The van der Waals surface area contributed by atoms with Gasteiger partial charge in [-0.3, -0.25) is 19.7 Å². The van der Waals surface area contributed by atoms with Crippen LogP contribution < -0.4 is 10.6 Å². The van der Waals surface area contributed by atoms with Gasteiger partial charge in [-0.25, -0.2) is 0 Å². The topological polar surface area (TPSA) is 101 Å². The summed E-state index contributed by atoms with van der Waals surface area (Å²) in [5, 5.41) is 16.4. The van der Waals surface area contributed by atoms with Crippen molar-refractivity contribution in [1.82, 2.24) is 0 Å². The third-order valence-electron chi connectivity index (χ3n) is 3.65. The molecule has 0 spiro atoms. The van der Waals surface area contributed by atoms with E-state index in [0.29, 0.717) is 23.4 Å². The molecule has 2 amide bonds. The van der Waals surface area contributed by atoms with Crippen molar-refractivity contribution >= 4 is 35.0 Å². The number of hydrogen-bond acceptors (Lipinski definition) is 4. The second-order valence-electron chi connectivity index (χ2n) is 5.57. The maximum absolute atomic E-state index is 12.2. The van der Waals surface area contributed by atoms with E-state index in [0.717, 1.165) is 5.56 Å². The summed E-state index contributed by atoms with van der Waals surface area (Å²) >= 11 is 0. The lowest BCUT2D eigenvalue weighted by molar-refractivity contribution is -0.385. The first-order valence-corrected chi connectivity index (χ1v) is 8.03. The lowest BCUT2D eigenvalue weighted by atomic mass is 10.1. The van der Waals surface area contributed by atoms with Gasteiger partial charge in [-0.15, -0.1) is 0 Å². The molecule has 2 aromatic carbocycles. The number of rotatable bonds is 6. The summed E-state index contributed by atoms with van der Waals surface area (Å²) in [6.07, 6.45) is 2.98. The monoisotopic (exact) mass is 353 g/mol. The van der Waals surface area contributed by atoms with Crippen LogP contribution in [0.15, 0.2) is 48.5 Å². The number of nitrogens with zero attached hydrogens (tertiary/aromatic N) is 1. The van der Waals surface area contributed by atoms with Gasteiger partial charge >= 0.3 is 0 Å². The first kappa shape index (κ1) is 18.9. The van der Waals surface area contributed by atoms with Gasteiger partial charge in [0.25, 0.3) is 5.69 Å². The quantitative estimate of drug-likeness (QED) is 0.467. The number of aryl methyl sites for hydroxylation is 1. The Kier molecular flexibility index (Phi) is 6.21. The number of para-hydroxylation sites is 1. The van der Waals surface area contributed by atoms with E-state index in [9.17, 15) is 19.7 Å². The van der Waals surface area contributed by atoms with Crippen LogP contribution in [0.1, 0.15) is 24.5 Å². The summed E-state index contributed by atoms with van der Waals surface area (Å²) in [5.41, 5.74) is 2.23. The molecule has 0 saturated heterocycles. The molecule has 0 aliphatic heterocycles. The van der Waals surface area contributed by atoms with Crippen LogP contribution in [-0.4, -0.2) is 16.7 Å². The van der Waals surface area contributed by atoms with Gasteiger partial charge in [0.1, 0.15) is 0 Å². The molecule has 0 aliphatic rings. The average Bonchev–Trinajstić information content (AvgIpc) is 2.62. The zero-order valence-corrected chi connectivity index (χ0v) is 14.5. The molecule has 0 bridgehead atoms. The van der Waals surface area contributed by atoms with Gasteiger partial charge in [-0.2, -0.15) is 0 Å². The maximum Gasteiger partial charge on any atom is 0.276 e. The standard InChI is InChI=1S/C19H19N3O4/c1-3-18(23)20-15-10-8-13(2)16(12-15)21-19(24)11-9-14-6-4-5-7-17(14)22(25)26/h4-12H,3H2,1-2H3,(H,20,23)(H,21,24)/b11-9+. The lowest BCUT2D eigenvalue weighted by Crippen LogP contribution is -2.12. The van der Waals surface area contributed by atoms with Gasteiger partial charge < -0.3 is 10.6 Å². The summed E-state index contributed by atoms with van der Waals surface area (Å²) in [7, 11) is 0. The molecule has 0 saturated carbocycles. The molecule has 0 unspecified atom stereocenters. The first-order chi connectivity index (χ1) is 12.4. The van der Waals surface area contributed by atoms with Crippen molar-refractivity contribution in [3.63, 3.8) is 0 Å². The van der Waals surface area contributed by atoms with Crippen LogP contribution in [0.5, 0.6) is 0 Å². The van der Waals surface area contributed by atoms with Gasteiger partial charge in [-0.05, 0) is 36.8 Å². The second-order valence-corrected chi connectivity index (χ2v) is 5.57. The third kappa shape index (κ3) is 5.01. The molecule has 26 heavy (non-hydrogen) atoms. The molecule has 0 radical (unpaired) electrons. The smallest absolute Gasteiger partial charge is 0.276 e. The van der Waals surface area contributed by atoms with E-state index in [1.165, 1.54) is 18.2 Å². The van der Waals surface area contributed by atoms with Crippen molar-refractivity contribution in [3.8, 4) is 0 Å². The van der Waals surface area contributed by atoms with Crippen molar-refractivity contribution in [2.45, 2.75) is 20.3 Å². The number of hydrogen-bond donors (Lipinski definition) is 2. The zero-order chi connectivity index (χ0) is 19.1. The summed E-state index contributed by atoms with van der Waals surface area (Å²) in [6, 6.07) is 11.4. The van der Waals surface area contributed by atoms with Crippen LogP contribution in [0, 0.1) is 17.0 Å². The fourth-order valence-electron chi connectivity index (χ4n) is 2.22. The Labute approximate surface area is 150 Å². The van der Waals surface area contributed by atoms with E-state index in [4.69, 9.17) is 0 Å². The number of nitro benzene ring substituents is 1. The molecule has 2 aromatic rings. The lowest BCUT2D eigenvalue weighted by Gasteiger charge is -2.10. The van der Waals surface area contributed by atoms with Crippen molar-refractivity contribution in [1.29, 1.82) is 0 Å². The molecular formula is C19H19N3O4. The molecule has 0 atom stereocenters. The Hall–Kier alpha value is -3.48.